The number of aliphatic hydroxyl groups excluding tert-OH is 2. The lowest BCUT2D eigenvalue weighted by molar-refractivity contribution is 0.0831. The Morgan fingerprint density at radius 2 is 0.970 bits per heavy atom. The highest BCUT2D eigenvalue weighted by Gasteiger charge is 2.16. The molecule has 2 N–H and O–H groups in total. The fraction of sp³-hybridized carbons (Fsp3) is 0.478. The Bertz CT molecular complexity index is 808. The molecule has 0 aromatic heterocycles. The van der Waals surface area contributed by atoms with E-state index in [9.17, 15) is 10.2 Å². The van der Waals surface area contributed by atoms with Crippen molar-refractivity contribution >= 4 is 46.4 Å². The van der Waals surface area contributed by atoms with Crippen molar-refractivity contribution in [3.63, 3.8) is 0 Å². The van der Waals surface area contributed by atoms with Gasteiger partial charge in [0.1, 0.15) is 25.4 Å². The number of hydrogen-bond acceptors (Lipinski definition) is 6. The topological polar surface area (TPSA) is 65.4 Å². The van der Waals surface area contributed by atoms with Crippen molar-refractivity contribution < 1.29 is 19.7 Å². The Morgan fingerprint density at radius 1 is 0.667 bits per heavy atom. The number of nitrogens with zero attached hydrogens (tertiary/aromatic N) is 2. The Labute approximate surface area is 215 Å². The normalized spacial score (nSPS) is 13.5. The second-order valence-electron chi connectivity index (χ2n) is 8.41. The summed E-state index contributed by atoms with van der Waals surface area (Å²) in [5.41, 5.74) is 1.68. The minimum atomic E-state index is -0.666. The van der Waals surface area contributed by atoms with Gasteiger partial charge in [-0.3, -0.25) is 0 Å². The Hall–Kier alpha value is -0.960. The largest absolute Gasteiger partial charge is 0.488 e. The van der Waals surface area contributed by atoms with Gasteiger partial charge < -0.3 is 29.5 Å². The highest BCUT2D eigenvalue weighted by Crippen LogP contribution is 2.37. The number of rotatable bonds is 12. The van der Waals surface area contributed by atoms with Gasteiger partial charge in [-0.2, -0.15) is 0 Å². The van der Waals surface area contributed by atoms with E-state index in [1.165, 1.54) is 0 Å². The summed E-state index contributed by atoms with van der Waals surface area (Å²) < 4.78 is 11.3. The summed E-state index contributed by atoms with van der Waals surface area (Å²) in [5.74, 6) is 0.659. The molecule has 2 atom stereocenters. The lowest BCUT2D eigenvalue weighted by Gasteiger charge is -2.18. The molecule has 33 heavy (non-hydrogen) atoms. The number of ether oxygens (including phenoxy) is 2. The van der Waals surface area contributed by atoms with Crippen molar-refractivity contribution in [3.05, 3.63) is 55.5 Å². The van der Waals surface area contributed by atoms with Crippen LogP contribution in [0.15, 0.2) is 24.3 Å². The molecule has 2 rings (SSSR count). The van der Waals surface area contributed by atoms with Crippen molar-refractivity contribution in [1.29, 1.82) is 0 Å². The molecule has 0 radical (unpaired) electrons. The maximum Gasteiger partial charge on any atom is 0.156 e. The second-order valence-corrected chi connectivity index (χ2v) is 10.0. The van der Waals surface area contributed by atoms with Crippen LogP contribution in [0.25, 0.3) is 0 Å². The summed E-state index contributed by atoms with van der Waals surface area (Å²) in [6.07, 6.45) is -0.854. The first-order valence-corrected chi connectivity index (χ1v) is 11.8. The molecule has 0 aliphatic carbocycles. The Balaban J connectivity index is 2.08. The zero-order chi connectivity index (χ0) is 24.7. The first kappa shape index (κ1) is 28.3. The summed E-state index contributed by atoms with van der Waals surface area (Å²) in [6.45, 7) is 1.08. The number of likely N-dealkylation sites (N-methyl/N-ethyl adjacent to an activating group) is 2. The highest BCUT2D eigenvalue weighted by atomic mass is 35.5. The average Bonchev–Trinajstić information content (AvgIpc) is 2.65. The molecule has 2 aromatic carbocycles. The minimum Gasteiger partial charge on any atom is -0.488 e. The van der Waals surface area contributed by atoms with Crippen LogP contribution in [0.5, 0.6) is 11.5 Å². The lowest BCUT2D eigenvalue weighted by atomic mass is 10.0. The van der Waals surface area contributed by atoms with Crippen LogP contribution < -0.4 is 9.47 Å². The zero-order valence-corrected chi connectivity index (χ0v) is 22.1. The van der Waals surface area contributed by atoms with Gasteiger partial charge in [0.25, 0.3) is 0 Å². The smallest absolute Gasteiger partial charge is 0.156 e. The predicted molar refractivity (Wildman–Crippen MR) is 136 cm³/mol. The van der Waals surface area contributed by atoms with E-state index in [1.54, 1.807) is 24.3 Å². The van der Waals surface area contributed by atoms with Crippen molar-refractivity contribution in [2.24, 2.45) is 0 Å². The Kier molecular flexibility index (Phi) is 11.3. The third-order valence-corrected chi connectivity index (χ3v) is 5.64. The fourth-order valence-corrected chi connectivity index (χ4v) is 4.53. The molecule has 0 bridgehead atoms. The molecule has 0 heterocycles. The van der Waals surface area contributed by atoms with Crippen LogP contribution in [-0.2, 0) is 6.42 Å². The van der Waals surface area contributed by atoms with Crippen LogP contribution >= 0.6 is 46.4 Å². The van der Waals surface area contributed by atoms with Crippen LogP contribution in [0.4, 0.5) is 0 Å². The Morgan fingerprint density at radius 3 is 1.24 bits per heavy atom. The van der Waals surface area contributed by atoms with Gasteiger partial charge in [-0.25, -0.2) is 0 Å². The number of benzene rings is 2. The van der Waals surface area contributed by atoms with Crippen molar-refractivity contribution in [2.75, 3.05) is 54.5 Å². The van der Waals surface area contributed by atoms with E-state index in [-0.39, 0.29) is 13.2 Å². The average molecular weight is 540 g/mol. The van der Waals surface area contributed by atoms with Crippen molar-refractivity contribution in [1.82, 2.24) is 9.80 Å². The van der Waals surface area contributed by atoms with Gasteiger partial charge in [-0.15, -0.1) is 0 Å². The fourth-order valence-electron chi connectivity index (χ4n) is 3.25. The summed E-state index contributed by atoms with van der Waals surface area (Å²) >= 11 is 25.5. The van der Waals surface area contributed by atoms with E-state index in [1.807, 2.05) is 38.0 Å². The second kappa shape index (κ2) is 13.2. The van der Waals surface area contributed by atoms with E-state index in [0.717, 1.165) is 11.1 Å². The molecule has 6 nitrogen and oxygen atoms in total. The van der Waals surface area contributed by atoms with Gasteiger partial charge in [-0.05, 0) is 70.0 Å². The van der Waals surface area contributed by atoms with Crippen LogP contribution in [0.2, 0.25) is 20.1 Å². The molecule has 0 aliphatic rings. The molecule has 0 spiro atoms. The molecular formula is C23H30Cl4N2O4. The van der Waals surface area contributed by atoms with E-state index >= 15 is 0 Å². The molecule has 0 amide bonds. The van der Waals surface area contributed by atoms with Gasteiger partial charge in [0, 0.05) is 13.1 Å². The zero-order valence-electron chi connectivity index (χ0n) is 19.1. The SMILES string of the molecule is CN(C)C[C@H](O)COc1c(Cl)cc(Cc2cc(Cl)c(OC[C@H](O)CN(C)C)c(Cl)c2)cc1Cl. The molecule has 10 heteroatoms. The summed E-state index contributed by atoms with van der Waals surface area (Å²) in [5, 5.41) is 21.4. The van der Waals surface area contributed by atoms with Gasteiger partial charge >= 0.3 is 0 Å². The van der Waals surface area contributed by atoms with E-state index in [4.69, 9.17) is 55.9 Å². The maximum absolute atomic E-state index is 9.99. The number of hydrogen-bond donors (Lipinski definition) is 2. The minimum absolute atomic E-state index is 0.0763. The van der Waals surface area contributed by atoms with Crippen LogP contribution in [-0.4, -0.2) is 86.7 Å². The first-order chi connectivity index (χ1) is 15.5. The van der Waals surface area contributed by atoms with Crippen molar-refractivity contribution in [2.45, 2.75) is 18.6 Å². The molecular weight excluding hydrogens is 510 g/mol. The molecule has 184 valence electrons. The monoisotopic (exact) mass is 538 g/mol. The number of aliphatic hydroxyl groups is 2. The molecule has 0 saturated heterocycles. The third kappa shape index (κ3) is 9.30. The third-order valence-electron chi connectivity index (χ3n) is 4.52. The van der Waals surface area contributed by atoms with E-state index in [2.05, 4.69) is 0 Å². The lowest BCUT2D eigenvalue weighted by Crippen LogP contribution is -2.30. The van der Waals surface area contributed by atoms with Crippen LogP contribution in [0, 0.1) is 0 Å². The predicted octanol–water partition coefficient (Wildman–Crippen LogP) is 4.49. The van der Waals surface area contributed by atoms with Crippen molar-refractivity contribution in [3.8, 4) is 11.5 Å². The maximum atomic E-state index is 9.99. The van der Waals surface area contributed by atoms with Gasteiger partial charge in [0.15, 0.2) is 11.5 Å². The van der Waals surface area contributed by atoms with E-state index in [0.29, 0.717) is 51.1 Å². The summed E-state index contributed by atoms with van der Waals surface area (Å²) in [4.78, 5) is 3.72. The van der Waals surface area contributed by atoms with Crippen LogP contribution in [0.3, 0.4) is 0 Å². The van der Waals surface area contributed by atoms with Gasteiger partial charge in [0.05, 0.1) is 20.1 Å². The quantitative estimate of drug-likeness (QED) is 0.414. The highest BCUT2D eigenvalue weighted by molar-refractivity contribution is 6.38. The van der Waals surface area contributed by atoms with Gasteiger partial charge in [-0.1, -0.05) is 46.4 Å². The number of halogens is 4. The molecule has 0 unspecified atom stereocenters. The molecule has 0 aliphatic heterocycles. The first-order valence-electron chi connectivity index (χ1n) is 10.3. The molecule has 0 saturated carbocycles. The van der Waals surface area contributed by atoms with Gasteiger partial charge in [0.2, 0.25) is 0 Å². The van der Waals surface area contributed by atoms with Crippen LogP contribution in [0.1, 0.15) is 11.1 Å². The summed E-state index contributed by atoms with van der Waals surface area (Å²) in [6, 6.07) is 7.02. The van der Waals surface area contributed by atoms with E-state index < -0.39 is 12.2 Å². The standard InChI is InChI=1S/C23H30Cl4N2O4/c1-28(2)10-16(30)12-32-22-18(24)6-14(7-19(22)25)5-15-8-20(26)23(21(27)9-15)33-13-17(31)11-29(3)4/h6-9,16-17,30-31H,5,10-13H2,1-4H3/t16-,17+. The summed E-state index contributed by atoms with van der Waals surface area (Å²) in [7, 11) is 7.46. The molecule has 0 fully saturated rings. The molecule has 2 aromatic rings.